The monoisotopic (exact) mass is 464 g/mol. The first-order valence-corrected chi connectivity index (χ1v) is 11.5. The molecule has 0 bridgehead atoms. The summed E-state index contributed by atoms with van der Waals surface area (Å²) in [4.78, 5) is 23.7. The highest BCUT2D eigenvalue weighted by atomic mass is 32.2. The minimum atomic E-state index is -3.98. The lowest BCUT2D eigenvalue weighted by Crippen LogP contribution is -2.25. The van der Waals surface area contributed by atoms with Crippen LogP contribution in [0.25, 0.3) is 0 Å². The normalized spacial score (nSPS) is 11.3. The van der Waals surface area contributed by atoms with Gasteiger partial charge in [-0.05, 0) is 36.1 Å². The second-order valence-electron chi connectivity index (χ2n) is 6.39. The average Bonchev–Trinajstić information content (AvgIpc) is 3.38. The van der Waals surface area contributed by atoms with Gasteiger partial charge in [-0.1, -0.05) is 13.0 Å². The maximum atomic E-state index is 12.8. The number of hydrogen-bond donors (Lipinski definition) is 3. The number of carboxylic acids is 1. The number of rotatable bonds is 9. The number of aryl methyl sites for hydroxylation is 1. The van der Waals surface area contributed by atoms with E-state index in [0.717, 1.165) is 0 Å². The summed E-state index contributed by atoms with van der Waals surface area (Å²) in [6.07, 6.45) is 0.577. The number of hydrogen-bond acceptors (Lipinski definition) is 7. The summed E-state index contributed by atoms with van der Waals surface area (Å²) < 4.78 is 35.0. The van der Waals surface area contributed by atoms with Crippen molar-refractivity contribution in [1.29, 1.82) is 0 Å². The molecule has 31 heavy (non-hydrogen) atoms. The first kappa shape index (κ1) is 22.5. The number of amides is 1. The Labute approximate surface area is 182 Å². The molecule has 3 rings (SSSR count). The highest BCUT2D eigenvalue weighted by Crippen LogP contribution is 2.32. The lowest BCUT2D eigenvalue weighted by atomic mass is 10.3. The SMILES string of the molecule is CCCNS(=O)(=O)c1cc(NC(=O)c2cccs2)ccc1Oc1cc(C(=O)O)nn1C. The quantitative estimate of drug-likeness (QED) is 0.442. The number of carbonyl (C=O) groups is 2. The van der Waals surface area contributed by atoms with Gasteiger partial charge in [-0.25, -0.2) is 22.6 Å². The van der Waals surface area contributed by atoms with E-state index in [1.807, 2.05) is 6.92 Å². The van der Waals surface area contributed by atoms with Crippen LogP contribution in [0.4, 0.5) is 5.69 Å². The van der Waals surface area contributed by atoms with Gasteiger partial charge in [0, 0.05) is 25.3 Å². The minimum absolute atomic E-state index is 0.0414. The molecule has 0 saturated carbocycles. The Morgan fingerprint density at radius 2 is 2.03 bits per heavy atom. The molecule has 2 aromatic heterocycles. The van der Waals surface area contributed by atoms with Gasteiger partial charge in [-0.2, -0.15) is 5.10 Å². The van der Waals surface area contributed by atoms with Gasteiger partial charge in [0.25, 0.3) is 5.91 Å². The summed E-state index contributed by atoms with van der Waals surface area (Å²) in [6.45, 7) is 2.03. The minimum Gasteiger partial charge on any atom is -0.476 e. The zero-order valence-corrected chi connectivity index (χ0v) is 18.3. The number of carbonyl (C=O) groups excluding carboxylic acids is 1. The third-order valence-corrected chi connectivity index (χ3v) is 6.40. The van der Waals surface area contributed by atoms with Crippen LogP contribution in [0.2, 0.25) is 0 Å². The smallest absolute Gasteiger partial charge is 0.356 e. The fourth-order valence-electron chi connectivity index (χ4n) is 2.56. The summed E-state index contributed by atoms with van der Waals surface area (Å²) in [7, 11) is -2.50. The fourth-order valence-corrected chi connectivity index (χ4v) is 4.46. The molecule has 2 heterocycles. The van der Waals surface area contributed by atoms with Crippen molar-refractivity contribution in [3.8, 4) is 11.6 Å². The molecule has 0 unspecified atom stereocenters. The van der Waals surface area contributed by atoms with E-state index < -0.39 is 16.0 Å². The maximum Gasteiger partial charge on any atom is 0.356 e. The topological polar surface area (TPSA) is 140 Å². The first-order valence-electron chi connectivity index (χ1n) is 9.15. The molecule has 1 amide bonds. The summed E-state index contributed by atoms with van der Waals surface area (Å²) in [5, 5.41) is 17.3. The van der Waals surface area contributed by atoms with E-state index in [1.54, 1.807) is 17.5 Å². The van der Waals surface area contributed by atoms with Gasteiger partial charge in [0.2, 0.25) is 15.9 Å². The maximum absolute atomic E-state index is 12.8. The summed E-state index contributed by atoms with van der Waals surface area (Å²) in [5.74, 6) is -1.61. The highest BCUT2D eigenvalue weighted by Gasteiger charge is 2.23. The second kappa shape index (κ2) is 9.29. The van der Waals surface area contributed by atoms with E-state index in [1.165, 1.54) is 47.3 Å². The Morgan fingerprint density at radius 3 is 2.65 bits per heavy atom. The van der Waals surface area contributed by atoms with Crippen LogP contribution in [0.15, 0.2) is 46.7 Å². The van der Waals surface area contributed by atoms with E-state index >= 15 is 0 Å². The van der Waals surface area contributed by atoms with Crippen LogP contribution in [0.1, 0.15) is 33.5 Å². The van der Waals surface area contributed by atoms with Gasteiger partial charge in [0.1, 0.15) is 10.6 Å². The number of carboxylic acid groups (broad SMARTS) is 1. The predicted molar refractivity (Wildman–Crippen MR) is 114 cm³/mol. The Hall–Kier alpha value is -3.22. The number of sulfonamides is 1. The predicted octanol–water partition coefficient (Wildman–Crippen LogP) is 2.91. The molecule has 1 aromatic carbocycles. The van der Waals surface area contributed by atoms with Crippen molar-refractivity contribution in [3.63, 3.8) is 0 Å². The van der Waals surface area contributed by atoms with Crippen molar-refractivity contribution in [2.75, 3.05) is 11.9 Å². The van der Waals surface area contributed by atoms with Crippen LogP contribution in [-0.4, -0.2) is 41.7 Å². The largest absolute Gasteiger partial charge is 0.476 e. The third kappa shape index (κ3) is 5.29. The molecule has 164 valence electrons. The highest BCUT2D eigenvalue weighted by molar-refractivity contribution is 7.89. The Balaban J connectivity index is 1.97. The Morgan fingerprint density at radius 1 is 1.26 bits per heavy atom. The molecule has 0 aliphatic rings. The molecule has 0 fully saturated rings. The number of nitrogens with zero attached hydrogens (tertiary/aromatic N) is 2. The molecule has 3 N–H and O–H groups in total. The lowest BCUT2D eigenvalue weighted by Gasteiger charge is -2.14. The Bertz CT molecular complexity index is 1200. The van der Waals surface area contributed by atoms with Gasteiger partial charge in [-0.15, -0.1) is 11.3 Å². The molecule has 3 aromatic rings. The molecule has 0 spiro atoms. The van der Waals surface area contributed by atoms with E-state index in [4.69, 9.17) is 9.84 Å². The third-order valence-electron chi connectivity index (χ3n) is 4.05. The zero-order chi connectivity index (χ0) is 22.6. The number of thiophene rings is 1. The number of anilines is 1. The zero-order valence-electron chi connectivity index (χ0n) is 16.7. The van der Waals surface area contributed by atoms with Crippen LogP contribution in [0.3, 0.4) is 0 Å². The van der Waals surface area contributed by atoms with Crippen molar-refractivity contribution in [2.45, 2.75) is 18.2 Å². The Kier molecular flexibility index (Phi) is 6.73. The average molecular weight is 465 g/mol. The number of aromatic nitrogens is 2. The van der Waals surface area contributed by atoms with Crippen LogP contribution in [-0.2, 0) is 17.1 Å². The van der Waals surface area contributed by atoms with Crippen LogP contribution >= 0.6 is 11.3 Å². The van der Waals surface area contributed by atoms with Crippen molar-refractivity contribution in [3.05, 3.63) is 52.3 Å². The van der Waals surface area contributed by atoms with Gasteiger partial charge < -0.3 is 15.2 Å². The molecular weight excluding hydrogens is 444 g/mol. The first-order chi connectivity index (χ1) is 14.7. The van der Waals surface area contributed by atoms with E-state index in [0.29, 0.717) is 11.3 Å². The number of nitrogens with one attached hydrogen (secondary N) is 2. The van der Waals surface area contributed by atoms with Gasteiger partial charge in [0.05, 0.1) is 4.88 Å². The summed E-state index contributed by atoms with van der Waals surface area (Å²) in [6, 6.07) is 8.74. The van der Waals surface area contributed by atoms with Crippen LogP contribution < -0.4 is 14.8 Å². The van der Waals surface area contributed by atoms with Crippen molar-refractivity contribution < 1.29 is 27.9 Å². The molecule has 12 heteroatoms. The van der Waals surface area contributed by atoms with E-state index in [-0.39, 0.29) is 40.4 Å². The van der Waals surface area contributed by atoms with E-state index in [2.05, 4.69) is 15.1 Å². The van der Waals surface area contributed by atoms with Crippen molar-refractivity contribution in [1.82, 2.24) is 14.5 Å². The van der Waals surface area contributed by atoms with Gasteiger partial charge in [-0.3, -0.25) is 4.79 Å². The van der Waals surface area contributed by atoms with Crippen molar-refractivity contribution in [2.24, 2.45) is 7.05 Å². The van der Waals surface area contributed by atoms with Gasteiger partial charge in [0.15, 0.2) is 5.69 Å². The fraction of sp³-hybridized carbons (Fsp3) is 0.211. The van der Waals surface area contributed by atoms with Gasteiger partial charge >= 0.3 is 5.97 Å². The van der Waals surface area contributed by atoms with Crippen molar-refractivity contribution >= 4 is 38.9 Å². The van der Waals surface area contributed by atoms with Crippen LogP contribution in [0.5, 0.6) is 11.6 Å². The molecular formula is C19H20N4O6S2. The molecule has 0 radical (unpaired) electrons. The molecule has 10 nitrogen and oxygen atoms in total. The molecule has 0 saturated heterocycles. The molecule has 0 aliphatic carbocycles. The lowest BCUT2D eigenvalue weighted by molar-refractivity contribution is 0.0689. The molecule has 0 aliphatic heterocycles. The summed E-state index contributed by atoms with van der Waals surface area (Å²) >= 11 is 1.26. The van der Waals surface area contributed by atoms with E-state index in [9.17, 15) is 18.0 Å². The number of benzene rings is 1. The molecule has 0 atom stereocenters. The number of ether oxygens (including phenoxy) is 1. The number of aromatic carboxylic acids is 1. The summed E-state index contributed by atoms with van der Waals surface area (Å²) in [5.41, 5.74) is 0.0182. The van der Waals surface area contributed by atoms with Crippen LogP contribution in [0, 0.1) is 0 Å². The standard InChI is InChI=1S/C19H20N4O6S2/c1-3-8-20-31(27,28)16-10-12(21-18(24)15-5-4-9-30-15)6-7-14(16)29-17-11-13(19(25)26)22-23(17)2/h4-7,9-11,20H,3,8H2,1-2H3,(H,21,24)(H,25,26). The second-order valence-corrected chi connectivity index (χ2v) is 9.07.